The lowest BCUT2D eigenvalue weighted by Crippen LogP contribution is -2.27. The molecule has 3 nitrogen and oxygen atoms in total. The number of carbonyl (C=O) groups is 1. The lowest BCUT2D eigenvalue weighted by molar-refractivity contribution is -0.110. The summed E-state index contributed by atoms with van der Waals surface area (Å²) < 4.78 is 5.07. The lowest BCUT2D eigenvalue weighted by Gasteiger charge is -2.12. The van der Waals surface area contributed by atoms with Gasteiger partial charge in [-0.3, -0.25) is 4.79 Å². The van der Waals surface area contributed by atoms with Crippen LogP contribution in [0, 0.1) is 0 Å². The number of carbonyl (C=O) groups excluding carboxylic acids is 1. The largest absolute Gasteiger partial charge is 0.380 e. The third kappa shape index (κ3) is 4.32. The molecule has 0 aliphatic carbocycles. The Bertz CT molecular complexity index is 85.7. The van der Waals surface area contributed by atoms with Crippen LogP contribution in [-0.4, -0.2) is 26.2 Å². The molecular weight excluding hydrogens is 130 g/mol. The van der Waals surface area contributed by atoms with E-state index in [1.165, 1.54) is 0 Å². The van der Waals surface area contributed by atoms with Gasteiger partial charge in [-0.25, -0.2) is 0 Å². The minimum absolute atomic E-state index is 0.176. The van der Waals surface area contributed by atoms with Crippen molar-refractivity contribution < 1.29 is 9.53 Å². The lowest BCUT2D eigenvalue weighted by atomic mass is 10.2. The molecule has 10 heavy (non-hydrogen) atoms. The van der Waals surface area contributed by atoms with Crippen LogP contribution < -0.4 is 5.32 Å². The van der Waals surface area contributed by atoms with Gasteiger partial charge in [0.2, 0.25) is 6.41 Å². The number of ether oxygens (including phenoxy) is 1. The molecule has 0 heterocycles. The second kappa shape index (κ2) is 6.55. The highest BCUT2D eigenvalue weighted by Gasteiger charge is 2.02. The van der Waals surface area contributed by atoms with Crippen molar-refractivity contribution in [3.05, 3.63) is 0 Å². The van der Waals surface area contributed by atoms with Gasteiger partial charge in [0.15, 0.2) is 0 Å². The third-order valence-electron chi connectivity index (χ3n) is 1.37. The van der Waals surface area contributed by atoms with Crippen molar-refractivity contribution >= 4 is 6.41 Å². The second-order valence-electron chi connectivity index (χ2n) is 2.17. The minimum Gasteiger partial charge on any atom is -0.380 e. The molecular formula is C7H15NO2. The Hall–Kier alpha value is -0.570. The fraction of sp³-hybridized carbons (Fsp3) is 0.857. The van der Waals surface area contributed by atoms with E-state index in [1.807, 2.05) is 0 Å². The van der Waals surface area contributed by atoms with Crippen LogP contribution in [0.1, 0.15) is 19.8 Å². The summed E-state index contributed by atoms with van der Waals surface area (Å²) in [5, 5.41) is 2.58. The van der Waals surface area contributed by atoms with Gasteiger partial charge in [0.25, 0.3) is 0 Å². The average molecular weight is 145 g/mol. The summed E-state index contributed by atoms with van der Waals surface area (Å²) in [4.78, 5) is 9.86. The summed E-state index contributed by atoms with van der Waals surface area (Å²) >= 11 is 0. The molecule has 0 fully saturated rings. The topological polar surface area (TPSA) is 38.3 Å². The van der Waals surface area contributed by atoms with Gasteiger partial charge in [-0.05, 0) is 6.42 Å². The van der Waals surface area contributed by atoms with Crippen LogP contribution >= 0.6 is 0 Å². The van der Waals surface area contributed by atoms with E-state index in [-0.39, 0.29) is 6.10 Å². The molecule has 1 unspecified atom stereocenters. The first-order valence-corrected chi connectivity index (χ1v) is 3.55. The Morgan fingerprint density at radius 3 is 2.80 bits per heavy atom. The van der Waals surface area contributed by atoms with Gasteiger partial charge < -0.3 is 10.1 Å². The van der Waals surface area contributed by atoms with Crippen LogP contribution in [0.15, 0.2) is 0 Å². The zero-order chi connectivity index (χ0) is 7.82. The molecule has 0 aliphatic rings. The first kappa shape index (κ1) is 9.43. The van der Waals surface area contributed by atoms with Crippen molar-refractivity contribution in [1.29, 1.82) is 0 Å². The van der Waals surface area contributed by atoms with E-state index in [2.05, 4.69) is 12.2 Å². The molecule has 0 aliphatic heterocycles. The van der Waals surface area contributed by atoms with Crippen molar-refractivity contribution in [2.45, 2.75) is 25.9 Å². The van der Waals surface area contributed by atoms with Gasteiger partial charge >= 0.3 is 0 Å². The summed E-state index contributed by atoms with van der Waals surface area (Å²) in [6.45, 7) is 2.71. The van der Waals surface area contributed by atoms with Gasteiger partial charge in [-0.2, -0.15) is 0 Å². The molecule has 1 atom stereocenters. The Balaban J connectivity index is 3.29. The first-order valence-electron chi connectivity index (χ1n) is 3.55. The van der Waals surface area contributed by atoms with E-state index in [9.17, 15) is 4.79 Å². The second-order valence-corrected chi connectivity index (χ2v) is 2.17. The summed E-state index contributed by atoms with van der Waals surface area (Å²) in [5.74, 6) is 0. The summed E-state index contributed by atoms with van der Waals surface area (Å²) in [6, 6.07) is 0. The SMILES string of the molecule is CCCC(CNC=O)OC. The van der Waals surface area contributed by atoms with Gasteiger partial charge in [-0.15, -0.1) is 0 Å². The predicted molar refractivity (Wildman–Crippen MR) is 39.8 cm³/mol. The normalized spacial score (nSPS) is 12.6. The average Bonchev–Trinajstić information content (AvgIpc) is 1.98. The molecule has 0 bridgehead atoms. The molecule has 0 saturated carbocycles. The number of nitrogens with one attached hydrogen (secondary N) is 1. The quantitative estimate of drug-likeness (QED) is 0.554. The fourth-order valence-corrected chi connectivity index (χ4v) is 0.805. The Labute approximate surface area is 61.8 Å². The standard InChI is InChI=1S/C7H15NO2/c1-3-4-7(10-2)5-8-6-9/h6-7H,3-5H2,1-2H3,(H,8,9). The number of hydrogen-bond acceptors (Lipinski definition) is 2. The van der Waals surface area contributed by atoms with Gasteiger partial charge in [0, 0.05) is 13.7 Å². The van der Waals surface area contributed by atoms with Crippen molar-refractivity contribution in [2.75, 3.05) is 13.7 Å². The number of methoxy groups -OCH3 is 1. The predicted octanol–water partition coefficient (Wildman–Crippen LogP) is 0.547. The third-order valence-corrected chi connectivity index (χ3v) is 1.37. The molecule has 0 aromatic carbocycles. The van der Waals surface area contributed by atoms with Gasteiger partial charge in [-0.1, -0.05) is 13.3 Å². The van der Waals surface area contributed by atoms with E-state index in [0.717, 1.165) is 12.8 Å². The van der Waals surface area contributed by atoms with Gasteiger partial charge in [0.1, 0.15) is 0 Å². The minimum atomic E-state index is 0.176. The zero-order valence-corrected chi connectivity index (χ0v) is 6.59. The van der Waals surface area contributed by atoms with Crippen molar-refractivity contribution in [3.63, 3.8) is 0 Å². The molecule has 0 aromatic rings. The molecule has 0 spiro atoms. The van der Waals surface area contributed by atoms with Crippen molar-refractivity contribution in [3.8, 4) is 0 Å². The number of rotatable bonds is 6. The van der Waals surface area contributed by atoms with Crippen LogP contribution in [0.3, 0.4) is 0 Å². The molecule has 0 rings (SSSR count). The van der Waals surface area contributed by atoms with Crippen LogP contribution in [0.25, 0.3) is 0 Å². The zero-order valence-electron chi connectivity index (χ0n) is 6.59. The molecule has 1 amide bonds. The Morgan fingerprint density at radius 2 is 2.40 bits per heavy atom. The van der Waals surface area contributed by atoms with E-state index in [4.69, 9.17) is 4.74 Å². The highest BCUT2D eigenvalue weighted by molar-refractivity contribution is 5.45. The van der Waals surface area contributed by atoms with Crippen LogP contribution in [-0.2, 0) is 9.53 Å². The molecule has 60 valence electrons. The highest BCUT2D eigenvalue weighted by Crippen LogP contribution is 1.97. The number of hydrogen-bond donors (Lipinski definition) is 1. The number of amides is 1. The maximum atomic E-state index is 9.86. The Kier molecular flexibility index (Phi) is 6.18. The van der Waals surface area contributed by atoms with Gasteiger partial charge in [0.05, 0.1) is 6.10 Å². The monoisotopic (exact) mass is 145 g/mol. The highest BCUT2D eigenvalue weighted by atomic mass is 16.5. The maximum absolute atomic E-state index is 9.86. The smallest absolute Gasteiger partial charge is 0.207 e. The van der Waals surface area contributed by atoms with E-state index >= 15 is 0 Å². The fourth-order valence-electron chi connectivity index (χ4n) is 0.805. The molecule has 3 heteroatoms. The molecule has 1 N–H and O–H groups in total. The van der Waals surface area contributed by atoms with Crippen LogP contribution in [0.2, 0.25) is 0 Å². The van der Waals surface area contributed by atoms with Crippen LogP contribution in [0.5, 0.6) is 0 Å². The summed E-state index contributed by atoms with van der Waals surface area (Å²) in [7, 11) is 1.66. The van der Waals surface area contributed by atoms with Crippen molar-refractivity contribution in [2.24, 2.45) is 0 Å². The Morgan fingerprint density at radius 1 is 1.70 bits per heavy atom. The van der Waals surface area contributed by atoms with E-state index in [0.29, 0.717) is 13.0 Å². The van der Waals surface area contributed by atoms with Crippen molar-refractivity contribution in [1.82, 2.24) is 5.32 Å². The first-order chi connectivity index (χ1) is 4.85. The van der Waals surface area contributed by atoms with E-state index in [1.54, 1.807) is 7.11 Å². The molecule has 0 aromatic heterocycles. The summed E-state index contributed by atoms with van der Waals surface area (Å²) in [6.07, 6.45) is 2.95. The maximum Gasteiger partial charge on any atom is 0.207 e. The van der Waals surface area contributed by atoms with E-state index < -0.39 is 0 Å². The molecule has 0 radical (unpaired) electrons. The summed E-state index contributed by atoms with van der Waals surface area (Å²) in [5.41, 5.74) is 0. The molecule has 0 saturated heterocycles. The van der Waals surface area contributed by atoms with Crippen LogP contribution in [0.4, 0.5) is 0 Å².